The van der Waals surface area contributed by atoms with Crippen LogP contribution in [0.5, 0.6) is 0 Å². The minimum absolute atomic E-state index is 0.140. The van der Waals surface area contributed by atoms with Crippen LogP contribution in [-0.4, -0.2) is 6.54 Å². The summed E-state index contributed by atoms with van der Waals surface area (Å²) >= 11 is 0. The molecular formula is C16H23F2N. The molecule has 0 spiro atoms. The molecule has 1 N–H and O–H groups in total. The van der Waals surface area contributed by atoms with Gasteiger partial charge in [-0.3, -0.25) is 0 Å². The first-order chi connectivity index (χ1) is 9.16. The summed E-state index contributed by atoms with van der Waals surface area (Å²) in [5, 5.41) is 3.31. The van der Waals surface area contributed by atoms with Crippen LogP contribution in [0, 0.1) is 17.6 Å². The molecule has 1 aromatic rings. The van der Waals surface area contributed by atoms with E-state index >= 15 is 0 Å². The molecule has 0 amide bonds. The fourth-order valence-corrected chi connectivity index (χ4v) is 2.94. The Kier molecular flexibility index (Phi) is 5.32. The molecule has 1 aliphatic carbocycles. The maximum absolute atomic E-state index is 13.6. The summed E-state index contributed by atoms with van der Waals surface area (Å²) in [4.78, 5) is 0. The molecule has 19 heavy (non-hydrogen) atoms. The van der Waals surface area contributed by atoms with Gasteiger partial charge in [0.25, 0.3) is 0 Å². The summed E-state index contributed by atoms with van der Waals surface area (Å²) in [7, 11) is 0. The van der Waals surface area contributed by atoms with Crippen molar-refractivity contribution in [2.24, 2.45) is 5.92 Å². The summed E-state index contributed by atoms with van der Waals surface area (Å²) in [6, 6.07) is 3.50. The summed E-state index contributed by atoms with van der Waals surface area (Å²) in [5.74, 6) is 0.0993. The van der Waals surface area contributed by atoms with Crippen LogP contribution in [0.15, 0.2) is 18.2 Å². The number of rotatable bonds is 5. The smallest absolute Gasteiger partial charge is 0.128 e. The lowest BCUT2D eigenvalue weighted by Crippen LogP contribution is -2.23. The van der Waals surface area contributed by atoms with E-state index in [1.54, 1.807) is 0 Å². The highest BCUT2D eigenvalue weighted by molar-refractivity contribution is 5.21. The number of hydrogen-bond acceptors (Lipinski definition) is 1. The summed E-state index contributed by atoms with van der Waals surface area (Å²) in [6.07, 6.45) is 7.85. The molecule has 1 nitrogen and oxygen atoms in total. The summed E-state index contributed by atoms with van der Waals surface area (Å²) in [5.41, 5.74) is 0.420. The van der Waals surface area contributed by atoms with Crippen LogP contribution in [-0.2, 0) is 0 Å². The van der Waals surface area contributed by atoms with Gasteiger partial charge in [-0.1, -0.05) is 32.1 Å². The second kappa shape index (κ2) is 6.99. The quantitative estimate of drug-likeness (QED) is 0.823. The SMILES string of the molecule is CC(NCCC1CCCCC1)c1cc(F)ccc1F. The molecule has 0 bridgehead atoms. The lowest BCUT2D eigenvalue weighted by Gasteiger charge is -2.23. The zero-order valence-electron chi connectivity index (χ0n) is 11.6. The number of halogens is 2. The van der Waals surface area contributed by atoms with Crippen LogP contribution < -0.4 is 5.32 Å². The van der Waals surface area contributed by atoms with Crippen LogP contribution in [0.3, 0.4) is 0 Å². The van der Waals surface area contributed by atoms with Gasteiger partial charge in [0.1, 0.15) is 11.6 Å². The van der Waals surface area contributed by atoms with Crippen LogP contribution in [0.4, 0.5) is 8.78 Å². The minimum atomic E-state index is -0.377. The van der Waals surface area contributed by atoms with Crippen LogP contribution >= 0.6 is 0 Å². The Bertz CT molecular complexity index is 400. The van der Waals surface area contributed by atoms with Gasteiger partial charge in [-0.25, -0.2) is 8.78 Å². The highest BCUT2D eigenvalue weighted by Crippen LogP contribution is 2.26. The molecule has 1 unspecified atom stereocenters. The highest BCUT2D eigenvalue weighted by Gasteiger charge is 2.15. The zero-order chi connectivity index (χ0) is 13.7. The van der Waals surface area contributed by atoms with Crippen molar-refractivity contribution in [3.8, 4) is 0 Å². The summed E-state index contributed by atoms with van der Waals surface area (Å²) in [6.45, 7) is 2.76. The first-order valence-electron chi connectivity index (χ1n) is 7.35. The molecule has 2 rings (SSSR count). The first-order valence-corrected chi connectivity index (χ1v) is 7.35. The van der Waals surface area contributed by atoms with E-state index in [0.717, 1.165) is 24.9 Å². The van der Waals surface area contributed by atoms with Crippen molar-refractivity contribution in [3.05, 3.63) is 35.4 Å². The average molecular weight is 267 g/mol. The molecule has 0 aliphatic heterocycles. The Hall–Kier alpha value is -0.960. The topological polar surface area (TPSA) is 12.0 Å². The molecule has 1 saturated carbocycles. The largest absolute Gasteiger partial charge is 0.310 e. The van der Waals surface area contributed by atoms with Crippen molar-refractivity contribution >= 4 is 0 Å². The molecule has 3 heteroatoms. The first kappa shape index (κ1) is 14.4. The molecule has 1 aromatic carbocycles. The van der Waals surface area contributed by atoms with Crippen molar-refractivity contribution < 1.29 is 8.78 Å². The van der Waals surface area contributed by atoms with Crippen molar-refractivity contribution in [1.29, 1.82) is 0 Å². The Morgan fingerprint density at radius 1 is 1.21 bits per heavy atom. The third-order valence-electron chi connectivity index (χ3n) is 4.15. The lowest BCUT2D eigenvalue weighted by atomic mass is 9.87. The van der Waals surface area contributed by atoms with Crippen molar-refractivity contribution in [1.82, 2.24) is 5.32 Å². The van der Waals surface area contributed by atoms with Crippen LogP contribution in [0.2, 0.25) is 0 Å². The highest BCUT2D eigenvalue weighted by atomic mass is 19.1. The van der Waals surface area contributed by atoms with Gasteiger partial charge >= 0.3 is 0 Å². The maximum Gasteiger partial charge on any atom is 0.128 e. The lowest BCUT2D eigenvalue weighted by molar-refractivity contribution is 0.329. The fourth-order valence-electron chi connectivity index (χ4n) is 2.94. The Labute approximate surface area is 114 Å². The van der Waals surface area contributed by atoms with Crippen molar-refractivity contribution in [3.63, 3.8) is 0 Å². The Balaban J connectivity index is 1.80. The molecule has 0 heterocycles. The molecular weight excluding hydrogens is 244 g/mol. The number of benzene rings is 1. The van der Waals surface area contributed by atoms with Crippen LogP contribution in [0.1, 0.15) is 57.1 Å². The molecule has 0 saturated heterocycles. The minimum Gasteiger partial charge on any atom is -0.310 e. The van der Waals surface area contributed by atoms with E-state index in [-0.39, 0.29) is 17.7 Å². The van der Waals surface area contributed by atoms with Gasteiger partial charge in [-0.2, -0.15) is 0 Å². The second-order valence-corrected chi connectivity index (χ2v) is 5.63. The molecule has 106 valence electrons. The van der Waals surface area contributed by atoms with Crippen molar-refractivity contribution in [2.75, 3.05) is 6.54 Å². The average Bonchev–Trinajstić information content (AvgIpc) is 2.42. The monoisotopic (exact) mass is 267 g/mol. The van der Waals surface area contributed by atoms with E-state index < -0.39 is 0 Å². The Morgan fingerprint density at radius 3 is 2.68 bits per heavy atom. The van der Waals surface area contributed by atoms with Gasteiger partial charge in [-0.15, -0.1) is 0 Å². The van der Waals surface area contributed by atoms with Gasteiger partial charge in [0.15, 0.2) is 0 Å². The van der Waals surface area contributed by atoms with E-state index in [1.807, 2.05) is 6.92 Å². The van der Waals surface area contributed by atoms with Gasteiger partial charge in [0.2, 0.25) is 0 Å². The normalized spacial score (nSPS) is 18.5. The molecule has 1 fully saturated rings. The number of hydrogen-bond donors (Lipinski definition) is 1. The third-order valence-corrected chi connectivity index (χ3v) is 4.15. The molecule has 0 radical (unpaired) electrons. The molecule has 1 atom stereocenters. The Morgan fingerprint density at radius 2 is 1.95 bits per heavy atom. The van der Waals surface area contributed by atoms with E-state index in [4.69, 9.17) is 0 Å². The molecule has 0 aromatic heterocycles. The standard InChI is InChI=1S/C16H23F2N/c1-12(15-11-14(17)7-8-16(15)18)19-10-9-13-5-3-2-4-6-13/h7-8,11-13,19H,2-6,9-10H2,1H3. The predicted octanol–water partition coefficient (Wildman–Crippen LogP) is 4.59. The van der Waals surface area contributed by atoms with E-state index in [0.29, 0.717) is 5.56 Å². The third kappa shape index (κ3) is 4.27. The van der Waals surface area contributed by atoms with Crippen molar-refractivity contribution in [2.45, 2.75) is 51.5 Å². The predicted molar refractivity (Wildman–Crippen MR) is 74.0 cm³/mol. The van der Waals surface area contributed by atoms with E-state index in [1.165, 1.54) is 44.2 Å². The summed E-state index contributed by atoms with van der Waals surface area (Å²) < 4.78 is 26.7. The molecule has 1 aliphatic rings. The maximum atomic E-state index is 13.6. The van der Waals surface area contributed by atoms with Gasteiger partial charge < -0.3 is 5.32 Å². The van der Waals surface area contributed by atoms with Gasteiger partial charge in [0.05, 0.1) is 0 Å². The zero-order valence-corrected chi connectivity index (χ0v) is 11.6. The van der Waals surface area contributed by atoms with Gasteiger partial charge in [-0.05, 0) is 44.0 Å². The fraction of sp³-hybridized carbons (Fsp3) is 0.625. The van der Waals surface area contributed by atoms with E-state index in [9.17, 15) is 8.78 Å². The second-order valence-electron chi connectivity index (χ2n) is 5.63. The van der Waals surface area contributed by atoms with Crippen LogP contribution in [0.25, 0.3) is 0 Å². The van der Waals surface area contributed by atoms with E-state index in [2.05, 4.69) is 5.32 Å². The van der Waals surface area contributed by atoms with Gasteiger partial charge in [0, 0.05) is 11.6 Å². The number of nitrogens with one attached hydrogen (secondary N) is 1.